The van der Waals surface area contributed by atoms with Crippen LogP contribution in [0.15, 0.2) is 16.6 Å². The smallest absolute Gasteiger partial charge is 0.374 e. The van der Waals surface area contributed by atoms with E-state index < -0.39 is 17.6 Å². The first-order chi connectivity index (χ1) is 7.45. The van der Waals surface area contributed by atoms with Crippen LogP contribution in [0.5, 0.6) is 0 Å². The number of esters is 1. The van der Waals surface area contributed by atoms with Gasteiger partial charge in [0.05, 0.1) is 7.11 Å². The quantitative estimate of drug-likeness (QED) is 0.636. The fourth-order valence-electron chi connectivity index (χ4n) is 1.09. The summed E-state index contributed by atoms with van der Waals surface area (Å²) in [5, 5.41) is 0.207. The molecular weight excluding hydrogens is 302 g/mol. The molecule has 0 amide bonds. The van der Waals surface area contributed by atoms with Crippen molar-refractivity contribution in [3.05, 3.63) is 33.0 Å². The number of methoxy groups -OCH3 is 1. The highest BCUT2D eigenvalue weighted by molar-refractivity contribution is 9.10. The van der Waals surface area contributed by atoms with Gasteiger partial charge in [-0.2, -0.15) is 0 Å². The van der Waals surface area contributed by atoms with Gasteiger partial charge < -0.3 is 4.74 Å². The molecule has 0 bridgehead atoms. The Bertz CT molecular complexity index is 425. The van der Waals surface area contributed by atoms with Gasteiger partial charge in [0.15, 0.2) is 0 Å². The van der Waals surface area contributed by atoms with Crippen molar-refractivity contribution in [1.29, 1.82) is 0 Å². The topological polar surface area (TPSA) is 43.4 Å². The van der Waals surface area contributed by atoms with Gasteiger partial charge in [-0.15, -0.1) is 0 Å². The zero-order valence-corrected chi connectivity index (χ0v) is 10.6. The van der Waals surface area contributed by atoms with Gasteiger partial charge in [0.2, 0.25) is 5.78 Å². The number of carbonyl (C=O) groups excluding carboxylic acids is 2. The van der Waals surface area contributed by atoms with Gasteiger partial charge in [0, 0.05) is 21.5 Å². The number of ketones is 1. The van der Waals surface area contributed by atoms with Crippen molar-refractivity contribution in [3.8, 4) is 0 Å². The number of halogens is 3. The van der Waals surface area contributed by atoms with Crippen LogP contribution in [-0.4, -0.2) is 18.9 Å². The molecule has 0 aliphatic heterocycles. The Labute approximate surface area is 105 Å². The van der Waals surface area contributed by atoms with Crippen molar-refractivity contribution in [2.75, 3.05) is 7.11 Å². The monoisotopic (exact) mass is 308 g/mol. The SMILES string of the molecule is COC(=O)C(=O)Cc1c(F)cc(Cl)cc1Br. The maximum absolute atomic E-state index is 13.4. The molecule has 0 radical (unpaired) electrons. The molecule has 0 atom stereocenters. The zero-order chi connectivity index (χ0) is 12.3. The van der Waals surface area contributed by atoms with E-state index in [1.165, 1.54) is 6.07 Å². The molecule has 16 heavy (non-hydrogen) atoms. The lowest BCUT2D eigenvalue weighted by Crippen LogP contribution is -2.18. The largest absolute Gasteiger partial charge is 0.463 e. The minimum Gasteiger partial charge on any atom is -0.463 e. The molecule has 0 aliphatic carbocycles. The Morgan fingerprint density at radius 3 is 2.62 bits per heavy atom. The van der Waals surface area contributed by atoms with Crippen LogP contribution < -0.4 is 0 Å². The summed E-state index contributed by atoms with van der Waals surface area (Å²) in [5.41, 5.74) is 0.0831. The van der Waals surface area contributed by atoms with Crippen molar-refractivity contribution < 1.29 is 18.7 Å². The maximum atomic E-state index is 13.4. The van der Waals surface area contributed by atoms with Crippen LogP contribution in [0.25, 0.3) is 0 Å². The van der Waals surface area contributed by atoms with Crippen LogP contribution in [0.2, 0.25) is 5.02 Å². The summed E-state index contributed by atoms with van der Waals surface area (Å²) in [5.74, 6) is -2.46. The number of carbonyl (C=O) groups is 2. The summed E-state index contributed by atoms with van der Waals surface area (Å²) in [6.07, 6.45) is -0.365. The van der Waals surface area contributed by atoms with Gasteiger partial charge in [-0.3, -0.25) is 4.79 Å². The third kappa shape index (κ3) is 3.02. The minimum atomic E-state index is -0.999. The Balaban J connectivity index is 2.98. The highest BCUT2D eigenvalue weighted by Crippen LogP contribution is 2.25. The standard InChI is InChI=1S/C10H7BrClFO3/c1-16-10(15)9(14)4-6-7(11)2-5(12)3-8(6)13/h2-3H,4H2,1H3. The van der Waals surface area contributed by atoms with E-state index in [0.29, 0.717) is 4.47 Å². The molecule has 0 aliphatic rings. The minimum absolute atomic E-state index is 0.0831. The zero-order valence-electron chi connectivity index (χ0n) is 8.22. The molecule has 0 spiro atoms. The molecular formula is C10H7BrClFO3. The van der Waals surface area contributed by atoms with Gasteiger partial charge in [-0.25, -0.2) is 9.18 Å². The fraction of sp³-hybridized carbons (Fsp3) is 0.200. The molecule has 6 heteroatoms. The molecule has 1 aromatic rings. The normalized spacial score (nSPS) is 10.0. The third-order valence-corrected chi connectivity index (χ3v) is 2.78. The lowest BCUT2D eigenvalue weighted by atomic mass is 10.1. The Hall–Kier alpha value is -0.940. The van der Waals surface area contributed by atoms with Gasteiger partial charge in [-0.1, -0.05) is 27.5 Å². The van der Waals surface area contributed by atoms with Crippen LogP contribution in [-0.2, 0) is 20.7 Å². The van der Waals surface area contributed by atoms with Crippen molar-refractivity contribution in [2.24, 2.45) is 0 Å². The van der Waals surface area contributed by atoms with Crippen molar-refractivity contribution in [3.63, 3.8) is 0 Å². The second-order valence-electron chi connectivity index (χ2n) is 2.94. The molecule has 3 nitrogen and oxygen atoms in total. The van der Waals surface area contributed by atoms with E-state index in [9.17, 15) is 14.0 Å². The number of hydrogen-bond acceptors (Lipinski definition) is 3. The summed E-state index contributed by atoms with van der Waals surface area (Å²) in [6, 6.07) is 2.52. The fourth-order valence-corrected chi connectivity index (χ4v) is 2.00. The maximum Gasteiger partial charge on any atom is 0.374 e. The lowest BCUT2D eigenvalue weighted by Gasteiger charge is -2.05. The van der Waals surface area contributed by atoms with E-state index in [1.54, 1.807) is 0 Å². The Morgan fingerprint density at radius 1 is 1.50 bits per heavy atom. The van der Waals surface area contributed by atoms with Crippen LogP contribution in [0.1, 0.15) is 5.56 Å². The molecule has 0 fully saturated rings. The number of ether oxygens (including phenoxy) is 1. The molecule has 0 unspecified atom stereocenters. The first-order valence-corrected chi connectivity index (χ1v) is 5.37. The van der Waals surface area contributed by atoms with Crippen molar-refractivity contribution in [2.45, 2.75) is 6.42 Å². The van der Waals surface area contributed by atoms with Gasteiger partial charge in [0.25, 0.3) is 0 Å². The van der Waals surface area contributed by atoms with Gasteiger partial charge >= 0.3 is 5.97 Å². The number of rotatable bonds is 3. The molecule has 0 N–H and O–H groups in total. The number of Topliss-reactive ketones (excluding diaryl/α,β-unsaturated/α-hetero) is 1. The highest BCUT2D eigenvalue weighted by atomic mass is 79.9. The van der Waals surface area contributed by atoms with Crippen LogP contribution >= 0.6 is 27.5 Å². The van der Waals surface area contributed by atoms with E-state index >= 15 is 0 Å². The van der Waals surface area contributed by atoms with E-state index in [1.807, 2.05) is 0 Å². The average molecular weight is 310 g/mol. The second kappa shape index (κ2) is 5.41. The van der Waals surface area contributed by atoms with Crippen molar-refractivity contribution in [1.82, 2.24) is 0 Å². The summed E-state index contributed by atoms with van der Waals surface area (Å²) in [7, 11) is 1.09. The first-order valence-electron chi connectivity index (χ1n) is 4.20. The molecule has 0 saturated carbocycles. The highest BCUT2D eigenvalue weighted by Gasteiger charge is 2.19. The molecule has 1 rings (SSSR count). The summed E-state index contributed by atoms with van der Waals surface area (Å²) >= 11 is 8.67. The predicted molar refractivity (Wildman–Crippen MR) is 59.8 cm³/mol. The van der Waals surface area contributed by atoms with Gasteiger partial charge in [-0.05, 0) is 12.1 Å². The van der Waals surface area contributed by atoms with Crippen LogP contribution in [0.4, 0.5) is 4.39 Å². The van der Waals surface area contributed by atoms with E-state index in [2.05, 4.69) is 20.7 Å². The predicted octanol–water partition coefficient (Wildman–Crippen LogP) is 2.53. The molecule has 0 aromatic heterocycles. The van der Waals surface area contributed by atoms with E-state index in [0.717, 1.165) is 13.2 Å². The summed E-state index contributed by atoms with van der Waals surface area (Å²) < 4.78 is 18.0. The number of hydrogen-bond donors (Lipinski definition) is 0. The summed E-state index contributed by atoms with van der Waals surface area (Å²) in [6.45, 7) is 0. The lowest BCUT2D eigenvalue weighted by molar-refractivity contribution is -0.151. The van der Waals surface area contributed by atoms with Gasteiger partial charge in [0.1, 0.15) is 5.82 Å². The van der Waals surface area contributed by atoms with E-state index in [-0.39, 0.29) is 17.0 Å². The first kappa shape index (κ1) is 13.1. The van der Waals surface area contributed by atoms with Crippen LogP contribution in [0.3, 0.4) is 0 Å². The molecule has 1 aromatic carbocycles. The average Bonchev–Trinajstić information content (AvgIpc) is 2.21. The third-order valence-electron chi connectivity index (χ3n) is 1.86. The number of benzene rings is 1. The molecule has 0 heterocycles. The second-order valence-corrected chi connectivity index (χ2v) is 4.23. The Kier molecular flexibility index (Phi) is 4.44. The van der Waals surface area contributed by atoms with Crippen molar-refractivity contribution >= 4 is 39.3 Å². The van der Waals surface area contributed by atoms with Crippen LogP contribution in [0, 0.1) is 5.82 Å². The Morgan fingerprint density at radius 2 is 2.12 bits per heavy atom. The molecule has 86 valence electrons. The molecule has 0 saturated heterocycles. The van der Waals surface area contributed by atoms with E-state index in [4.69, 9.17) is 11.6 Å². The summed E-state index contributed by atoms with van der Waals surface area (Å²) in [4.78, 5) is 22.1.